The molecule has 0 saturated heterocycles. The van der Waals surface area contributed by atoms with Gasteiger partial charge in [0.05, 0.1) is 11.1 Å². The smallest absolute Gasteiger partial charge is 0.0714 e. The van der Waals surface area contributed by atoms with Gasteiger partial charge in [0.1, 0.15) is 0 Å². The van der Waals surface area contributed by atoms with E-state index in [1.165, 1.54) is 124 Å². The lowest BCUT2D eigenvalue weighted by molar-refractivity contribution is 0.332. The first-order chi connectivity index (χ1) is 33.3. The highest BCUT2D eigenvalue weighted by atomic mass is 15.1. The molecular formula is C69H69N. The second-order valence-corrected chi connectivity index (χ2v) is 24.7. The van der Waals surface area contributed by atoms with Gasteiger partial charge in [-0.25, -0.2) is 0 Å². The van der Waals surface area contributed by atoms with E-state index in [1.807, 2.05) is 0 Å². The van der Waals surface area contributed by atoms with Gasteiger partial charge in [0.2, 0.25) is 0 Å². The third-order valence-electron chi connectivity index (χ3n) is 18.2. The number of aryl methyl sites for hydroxylation is 1. The summed E-state index contributed by atoms with van der Waals surface area (Å²) in [6.45, 7) is 26.9. The van der Waals surface area contributed by atoms with Gasteiger partial charge in [-0.05, 0) is 174 Å². The second-order valence-electron chi connectivity index (χ2n) is 24.7. The lowest BCUT2D eigenvalue weighted by atomic mass is 9.62. The van der Waals surface area contributed by atoms with Gasteiger partial charge in [-0.15, -0.1) is 0 Å². The van der Waals surface area contributed by atoms with Crippen molar-refractivity contribution in [3.8, 4) is 33.4 Å². The first-order valence-corrected chi connectivity index (χ1v) is 26.1. The molecule has 8 aromatic carbocycles. The molecule has 4 aliphatic rings. The van der Waals surface area contributed by atoms with Crippen molar-refractivity contribution in [1.82, 2.24) is 0 Å². The van der Waals surface area contributed by atoms with Crippen LogP contribution in [0.2, 0.25) is 0 Å². The average Bonchev–Trinajstić information content (AvgIpc) is 3.77. The van der Waals surface area contributed by atoms with E-state index in [-0.39, 0.29) is 27.1 Å². The maximum atomic E-state index is 2.69. The molecule has 0 atom stereocenters. The van der Waals surface area contributed by atoms with Gasteiger partial charge in [0, 0.05) is 22.4 Å². The summed E-state index contributed by atoms with van der Waals surface area (Å²) in [4.78, 5) is 2.69. The van der Waals surface area contributed by atoms with E-state index in [9.17, 15) is 0 Å². The lowest BCUT2D eigenvalue weighted by Crippen LogP contribution is -2.34. The van der Waals surface area contributed by atoms with Crippen LogP contribution in [0.4, 0.5) is 17.1 Å². The van der Waals surface area contributed by atoms with Crippen LogP contribution in [0, 0.1) is 6.92 Å². The van der Waals surface area contributed by atoms with Crippen molar-refractivity contribution in [3.63, 3.8) is 0 Å². The van der Waals surface area contributed by atoms with Gasteiger partial charge in [-0.2, -0.15) is 0 Å². The molecule has 0 unspecified atom stereocenters. The Bertz CT molecular complexity index is 3370. The quantitative estimate of drug-likeness (QED) is 0.161. The van der Waals surface area contributed by atoms with Gasteiger partial charge in [-0.1, -0.05) is 209 Å². The number of hydrogen-bond donors (Lipinski definition) is 0. The summed E-state index contributed by atoms with van der Waals surface area (Å²) in [5, 5.41) is 0. The molecule has 0 bridgehead atoms. The summed E-state index contributed by atoms with van der Waals surface area (Å²) in [6, 6.07) is 66.3. The highest BCUT2D eigenvalue weighted by Crippen LogP contribution is 2.61. The fraction of sp³-hybridized carbons (Fsp3) is 0.304. The third-order valence-corrected chi connectivity index (χ3v) is 18.2. The maximum Gasteiger partial charge on any atom is 0.0714 e. The molecule has 1 heteroatoms. The molecule has 0 amide bonds. The van der Waals surface area contributed by atoms with Crippen molar-refractivity contribution in [1.29, 1.82) is 0 Å². The first kappa shape index (κ1) is 44.7. The summed E-state index contributed by atoms with van der Waals surface area (Å²) < 4.78 is 0. The Morgan fingerprint density at radius 2 is 0.814 bits per heavy atom. The second kappa shape index (κ2) is 15.3. The Labute approximate surface area is 418 Å². The number of anilines is 3. The Kier molecular flexibility index (Phi) is 9.77. The minimum Gasteiger partial charge on any atom is -0.310 e. The summed E-state index contributed by atoms with van der Waals surface area (Å²) in [5.41, 5.74) is 26.2. The summed E-state index contributed by atoms with van der Waals surface area (Å²) >= 11 is 0. The number of hydrogen-bond acceptors (Lipinski definition) is 1. The summed E-state index contributed by atoms with van der Waals surface area (Å²) in [5.74, 6) is 0. The molecule has 4 aliphatic carbocycles. The van der Waals surface area contributed by atoms with Crippen LogP contribution in [0.1, 0.15) is 156 Å². The Balaban J connectivity index is 1.23. The van der Waals surface area contributed by atoms with Gasteiger partial charge in [0.25, 0.3) is 0 Å². The van der Waals surface area contributed by atoms with E-state index < -0.39 is 5.41 Å². The molecule has 70 heavy (non-hydrogen) atoms. The molecule has 0 saturated carbocycles. The van der Waals surface area contributed by atoms with Crippen LogP contribution in [0.15, 0.2) is 170 Å². The fourth-order valence-electron chi connectivity index (χ4n) is 13.8. The molecule has 12 rings (SSSR count). The largest absolute Gasteiger partial charge is 0.310 e. The highest BCUT2D eigenvalue weighted by molar-refractivity contribution is 5.98. The van der Waals surface area contributed by atoms with Crippen LogP contribution < -0.4 is 4.90 Å². The topological polar surface area (TPSA) is 3.24 Å². The lowest BCUT2D eigenvalue weighted by Gasteiger charge is -2.43. The van der Waals surface area contributed by atoms with Gasteiger partial charge in [0.15, 0.2) is 0 Å². The Morgan fingerprint density at radius 1 is 0.329 bits per heavy atom. The van der Waals surface area contributed by atoms with Crippen molar-refractivity contribution < 1.29 is 0 Å². The SMILES string of the molecule is Cc1cc2c(cc1N(c1ccc3c(c1)C(C)(C)c1ccccc1-3)c1cc3c(cc1-c1ccc4c(c1)C(C)(C)CCC4(C)C)-c1ccccc1C3(c1ccccc1)c1ccccc1)C(C)(C)CCC2(C)C. The number of rotatable bonds is 6. The molecule has 0 N–H and O–H groups in total. The summed E-state index contributed by atoms with van der Waals surface area (Å²) in [6.07, 6.45) is 4.68. The van der Waals surface area contributed by atoms with Gasteiger partial charge in [-0.3, -0.25) is 0 Å². The van der Waals surface area contributed by atoms with Gasteiger partial charge >= 0.3 is 0 Å². The molecule has 0 heterocycles. The molecule has 0 radical (unpaired) electrons. The van der Waals surface area contributed by atoms with E-state index in [0.717, 1.165) is 12.8 Å². The van der Waals surface area contributed by atoms with E-state index in [2.05, 4.69) is 251 Å². The van der Waals surface area contributed by atoms with Crippen LogP contribution >= 0.6 is 0 Å². The van der Waals surface area contributed by atoms with Crippen LogP contribution in [-0.2, 0) is 32.5 Å². The minimum absolute atomic E-state index is 0.0234. The maximum absolute atomic E-state index is 2.69. The van der Waals surface area contributed by atoms with E-state index in [1.54, 1.807) is 0 Å². The average molecular weight is 912 g/mol. The first-order valence-electron chi connectivity index (χ1n) is 26.1. The molecule has 1 nitrogen and oxygen atoms in total. The predicted octanol–water partition coefficient (Wildman–Crippen LogP) is 18.5. The van der Waals surface area contributed by atoms with Crippen molar-refractivity contribution >= 4 is 17.1 Å². The molecule has 0 spiro atoms. The Morgan fingerprint density at radius 3 is 1.43 bits per heavy atom. The third kappa shape index (κ3) is 6.42. The van der Waals surface area contributed by atoms with Gasteiger partial charge < -0.3 is 4.90 Å². The van der Waals surface area contributed by atoms with Crippen LogP contribution in [-0.4, -0.2) is 0 Å². The minimum atomic E-state index is -0.562. The monoisotopic (exact) mass is 912 g/mol. The molecular weight excluding hydrogens is 843 g/mol. The number of benzene rings is 8. The zero-order chi connectivity index (χ0) is 48.8. The van der Waals surface area contributed by atoms with E-state index >= 15 is 0 Å². The van der Waals surface area contributed by atoms with Crippen molar-refractivity contribution in [2.45, 2.75) is 134 Å². The van der Waals surface area contributed by atoms with Crippen LogP contribution in [0.5, 0.6) is 0 Å². The van der Waals surface area contributed by atoms with Crippen LogP contribution in [0.25, 0.3) is 33.4 Å². The number of nitrogens with zero attached hydrogens (tertiary/aromatic N) is 1. The van der Waals surface area contributed by atoms with E-state index in [4.69, 9.17) is 0 Å². The van der Waals surface area contributed by atoms with Crippen molar-refractivity contribution in [3.05, 3.63) is 231 Å². The standard InChI is InChI=1S/C69H69N/c1-44-38-59-61(67(8,9)37-36-65(59,4)5)43-62(44)70(48-31-32-51-49-26-18-20-28-54(49)68(10,11)57(51)40-48)63-42-58-53(41-52(63)45-30-33-56-60(39-45)66(6,7)35-34-64(56,2)3)50-27-19-21-29-55(50)69(58,46-22-14-12-15-23-46)47-24-16-13-17-25-47/h12-33,38-43H,34-37H2,1-11H3. The molecule has 0 fully saturated rings. The molecule has 0 aliphatic heterocycles. The molecule has 350 valence electrons. The van der Waals surface area contributed by atoms with Crippen molar-refractivity contribution in [2.75, 3.05) is 4.90 Å². The predicted molar refractivity (Wildman–Crippen MR) is 297 cm³/mol. The summed E-state index contributed by atoms with van der Waals surface area (Å²) in [7, 11) is 0. The zero-order valence-electron chi connectivity index (χ0n) is 43.4. The normalized spacial score (nSPS) is 18.7. The van der Waals surface area contributed by atoms with E-state index in [0.29, 0.717) is 0 Å². The molecule has 8 aromatic rings. The van der Waals surface area contributed by atoms with Crippen LogP contribution in [0.3, 0.4) is 0 Å². The fourth-order valence-corrected chi connectivity index (χ4v) is 13.8. The number of fused-ring (bicyclic) bond motifs is 8. The molecule has 0 aromatic heterocycles. The zero-order valence-corrected chi connectivity index (χ0v) is 43.4. The highest BCUT2D eigenvalue weighted by Gasteiger charge is 2.48. The van der Waals surface area contributed by atoms with Crippen molar-refractivity contribution in [2.24, 2.45) is 0 Å². The Hall–Kier alpha value is -6.44.